The van der Waals surface area contributed by atoms with Gasteiger partial charge in [0.2, 0.25) is 0 Å². The zero-order valence-corrected chi connectivity index (χ0v) is 12.1. The molecule has 21 heavy (non-hydrogen) atoms. The van der Waals surface area contributed by atoms with Crippen molar-refractivity contribution in [3.8, 4) is 0 Å². The molecular weight excluding hydrogens is 268 g/mol. The Hall–Kier alpha value is -1.76. The number of aromatic nitrogens is 2. The molecule has 2 heterocycles. The molecule has 6 heteroatoms. The van der Waals surface area contributed by atoms with E-state index in [9.17, 15) is 4.79 Å². The van der Waals surface area contributed by atoms with E-state index in [0.717, 1.165) is 31.8 Å². The quantitative estimate of drug-likeness (QED) is 0.849. The molecule has 0 bridgehead atoms. The van der Waals surface area contributed by atoms with Gasteiger partial charge in [-0.3, -0.25) is 4.79 Å². The number of H-pyrrole nitrogens is 1. The molecular formula is C15H20N4O2. The molecule has 1 aliphatic heterocycles. The first-order valence-corrected chi connectivity index (χ1v) is 7.21. The molecule has 2 N–H and O–H groups in total. The van der Waals surface area contributed by atoms with Gasteiger partial charge in [0.15, 0.2) is 0 Å². The molecule has 1 aromatic heterocycles. The van der Waals surface area contributed by atoms with Crippen LogP contribution in [-0.2, 0) is 11.3 Å². The number of para-hydroxylation sites is 1. The normalized spacial score (nSPS) is 20.0. The van der Waals surface area contributed by atoms with E-state index in [0.29, 0.717) is 17.8 Å². The lowest BCUT2D eigenvalue weighted by Crippen LogP contribution is -2.44. The van der Waals surface area contributed by atoms with Crippen molar-refractivity contribution in [2.45, 2.75) is 12.6 Å². The van der Waals surface area contributed by atoms with Gasteiger partial charge >= 0.3 is 0 Å². The van der Waals surface area contributed by atoms with Crippen molar-refractivity contribution in [1.29, 1.82) is 0 Å². The third kappa shape index (κ3) is 3.47. The van der Waals surface area contributed by atoms with E-state index in [1.54, 1.807) is 6.07 Å². The molecule has 1 fully saturated rings. The second kappa shape index (κ2) is 6.34. The Morgan fingerprint density at radius 1 is 1.48 bits per heavy atom. The summed E-state index contributed by atoms with van der Waals surface area (Å²) in [5.41, 5.74) is 0.637. The zero-order valence-electron chi connectivity index (χ0n) is 12.1. The van der Waals surface area contributed by atoms with Crippen LogP contribution in [0.25, 0.3) is 10.9 Å². The Morgan fingerprint density at radius 3 is 3.19 bits per heavy atom. The van der Waals surface area contributed by atoms with Crippen molar-refractivity contribution in [1.82, 2.24) is 20.2 Å². The van der Waals surface area contributed by atoms with Crippen molar-refractivity contribution >= 4 is 10.9 Å². The maximum Gasteiger partial charge on any atom is 0.258 e. The highest BCUT2D eigenvalue weighted by Crippen LogP contribution is 2.06. The molecule has 1 saturated heterocycles. The second-order valence-electron chi connectivity index (χ2n) is 5.42. The highest BCUT2D eigenvalue weighted by Gasteiger charge is 2.17. The monoisotopic (exact) mass is 288 g/mol. The highest BCUT2D eigenvalue weighted by molar-refractivity contribution is 5.77. The minimum absolute atomic E-state index is 0.0916. The van der Waals surface area contributed by atoms with Gasteiger partial charge in [0.25, 0.3) is 5.56 Å². The summed E-state index contributed by atoms with van der Waals surface area (Å²) in [5.74, 6) is 0.655. The van der Waals surface area contributed by atoms with E-state index in [1.807, 2.05) is 18.2 Å². The fourth-order valence-corrected chi connectivity index (χ4v) is 2.56. The molecule has 1 unspecified atom stereocenters. The minimum atomic E-state index is -0.0916. The Bertz CT molecular complexity index is 670. The van der Waals surface area contributed by atoms with Crippen molar-refractivity contribution < 1.29 is 4.74 Å². The molecule has 0 radical (unpaired) electrons. The first-order chi connectivity index (χ1) is 10.2. The van der Waals surface area contributed by atoms with Crippen LogP contribution in [0.5, 0.6) is 0 Å². The van der Waals surface area contributed by atoms with Crippen LogP contribution in [0.4, 0.5) is 0 Å². The maximum atomic E-state index is 12.0. The number of hydrogen-bond donors (Lipinski definition) is 2. The summed E-state index contributed by atoms with van der Waals surface area (Å²) in [6.45, 7) is 3.96. The smallest absolute Gasteiger partial charge is 0.258 e. The van der Waals surface area contributed by atoms with E-state index in [1.165, 1.54) is 0 Å². The van der Waals surface area contributed by atoms with Crippen molar-refractivity contribution in [3.63, 3.8) is 0 Å². The van der Waals surface area contributed by atoms with Crippen LogP contribution in [0, 0.1) is 0 Å². The number of rotatable bonds is 4. The van der Waals surface area contributed by atoms with Gasteiger partial charge in [-0.1, -0.05) is 12.1 Å². The van der Waals surface area contributed by atoms with Gasteiger partial charge in [-0.25, -0.2) is 4.98 Å². The molecule has 0 saturated carbocycles. The molecule has 1 aromatic carbocycles. The van der Waals surface area contributed by atoms with Crippen LogP contribution in [0.15, 0.2) is 29.1 Å². The topological polar surface area (TPSA) is 70.2 Å². The van der Waals surface area contributed by atoms with Crippen LogP contribution in [-0.4, -0.2) is 54.3 Å². The number of ether oxygens (including phenoxy) is 1. The Balaban J connectivity index is 1.61. The summed E-state index contributed by atoms with van der Waals surface area (Å²) in [6, 6.07) is 7.36. The van der Waals surface area contributed by atoms with Crippen molar-refractivity contribution in [2.24, 2.45) is 0 Å². The first-order valence-electron chi connectivity index (χ1n) is 7.21. The molecule has 6 nitrogen and oxygen atoms in total. The summed E-state index contributed by atoms with van der Waals surface area (Å²) in [6.07, 6.45) is 0.191. The van der Waals surface area contributed by atoms with E-state index in [2.05, 4.69) is 27.2 Å². The summed E-state index contributed by atoms with van der Waals surface area (Å²) in [5, 5.41) is 3.92. The fraction of sp³-hybridized carbons (Fsp3) is 0.467. The van der Waals surface area contributed by atoms with Crippen LogP contribution in [0.1, 0.15) is 5.82 Å². The third-order valence-electron chi connectivity index (χ3n) is 3.67. The first kappa shape index (κ1) is 14.2. The molecule has 0 spiro atoms. The predicted molar refractivity (Wildman–Crippen MR) is 81.3 cm³/mol. The predicted octanol–water partition coefficient (Wildman–Crippen LogP) is 0.343. The van der Waals surface area contributed by atoms with Crippen LogP contribution in [0.2, 0.25) is 0 Å². The van der Waals surface area contributed by atoms with Crippen molar-refractivity contribution in [3.05, 3.63) is 40.4 Å². The van der Waals surface area contributed by atoms with E-state index >= 15 is 0 Å². The van der Waals surface area contributed by atoms with Gasteiger partial charge in [-0.15, -0.1) is 0 Å². The lowest BCUT2D eigenvalue weighted by Gasteiger charge is -2.30. The third-order valence-corrected chi connectivity index (χ3v) is 3.67. The fourth-order valence-electron chi connectivity index (χ4n) is 2.56. The van der Waals surface area contributed by atoms with Crippen LogP contribution in [0.3, 0.4) is 0 Å². The molecule has 112 valence electrons. The van der Waals surface area contributed by atoms with Gasteiger partial charge < -0.3 is 19.9 Å². The number of likely N-dealkylation sites (N-methyl/N-ethyl adjacent to an activating group) is 1. The summed E-state index contributed by atoms with van der Waals surface area (Å²) in [4.78, 5) is 21.5. The second-order valence-corrected chi connectivity index (χ2v) is 5.42. The number of nitrogens with one attached hydrogen (secondary N) is 2. The largest absolute Gasteiger partial charge is 0.374 e. The molecule has 3 rings (SSSR count). The van der Waals surface area contributed by atoms with Gasteiger partial charge in [0, 0.05) is 19.6 Å². The lowest BCUT2D eigenvalue weighted by atomic mass is 10.2. The highest BCUT2D eigenvalue weighted by atomic mass is 16.5. The van der Waals surface area contributed by atoms with Gasteiger partial charge in [-0.05, 0) is 19.2 Å². The Labute approximate surface area is 123 Å². The lowest BCUT2D eigenvalue weighted by molar-refractivity contribution is -0.0182. The summed E-state index contributed by atoms with van der Waals surface area (Å²) < 4.78 is 5.68. The Kier molecular flexibility index (Phi) is 4.28. The molecule has 2 aromatic rings. The molecule has 0 amide bonds. The minimum Gasteiger partial charge on any atom is -0.374 e. The number of benzene rings is 1. The van der Waals surface area contributed by atoms with E-state index < -0.39 is 0 Å². The average Bonchev–Trinajstić information content (AvgIpc) is 2.47. The SMILES string of the molecule is CN1CCOC(CNCc2nc3ccccc3c(=O)[nH]2)C1. The summed E-state index contributed by atoms with van der Waals surface area (Å²) >= 11 is 0. The van der Waals surface area contributed by atoms with Gasteiger partial charge in [0.05, 0.1) is 30.2 Å². The van der Waals surface area contributed by atoms with Crippen molar-refractivity contribution in [2.75, 3.05) is 33.3 Å². The molecule has 1 aliphatic rings. The standard InChI is InChI=1S/C15H20N4O2/c1-19-6-7-21-11(10-19)8-16-9-14-17-13-5-3-2-4-12(13)15(20)18-14/h2-5,11,16H,6-10H2,1H3,(H,17,18,20). The van der Waals surface area contributed by atoms with Crippen LogP contribution < -0.4 is 10.9 Å². The van der Waals surface area contributed by atoms with Gasteiger partial charge in [-0.2, -0.15) is 0 Å². The van der Waals surface area contributed by atoms with E-state index in [4.69, 9.17) is 4.74 Å². The maximum absolute atomic E-state index is 12.0. The van der Waals surface area contributed by atoms with Crippen LogP contribution >= 0.6 is 0 Å². The number of morpholine rings is 1. The zero-order chi connectivity index (χ0) is 14.7. The average molecular weight is 288 g/mol. The number of fused-ring (bicyclic) bond motifs is 1. The molecule has 0 aliphatic carbocycles. The number of aromatic amines is 1. The van der Waals surface area contributed by atoms with E-state index in [-0.39, 0.29) is 11.7 Å². The summed E-state index contributed by atoms with van der Waals surface area (Å²) in [7, 11) is 2.10. The number of nitrogens with zero attached hydrogens (tertiary/aromatic N) is 2. The number of hydrogen-bond acceptors (Lipinski definition) is 5. The molecule has 1 atom stereocenters. The van der Waals surface area contributed by atoms with Gasteiger partial charge in [0.1, 0.15) is 5.82 Å². The Morgan fingerprint density at radius 2 is 2.33 bits per heavy atom.